The third-order valence-corrected chi connectivity index (χ3v) is 3.15. The van der Waals surface area contributed by atoms with E-state index in [2.05, 4.69) is 23.3 Å². The van der Waals surface area contributed by atoms with Gasteiger partial charge < -0.3 is 10.1 Å². The Labute approximate surface area is 124 Å². The van der Waals surface area contributed by atoms with Gasteiger partial charge in [0.25, 0.3) is 0 Å². The van der Waals surface area contributed by atoms with Gasteiger partial charge in [0.15, 0.2) is 0 Å². The standard InChI is InChI=1S/C16H19ClN2O/c1-2-18-9-14-5-8-16(19-10-14)12-20-11-13-3-6-15(17)7-4-13/h3-8,10,18H,2,9,11-12H2,1H3. The van der Waals surface area contributed by atoms with Gasteiger partial charge >= 0.3 is 0 Å². The van der Waals surface area contributed by atoms with Crippen molar-refractivity contribution in [2.75, 3.05) is 6.54 Å². The summed E-state index contributed by atoms with van der Waals surface area (Å²) in [6, 6.07) is 11.8. The van der Waals surface area contributed by atoms with Crippen molar-refractivity contribution in [1.29, 1.82) is 0 Å². The lowest BCUT2D eigenvalue weighted by Gasteiger charge is -2.06. The van der Waals surface area contributed by atoms with Crippen LogP contribution in [0.5, 0.6) is 0 Å². The topological polar surface area (TPSA) is 34.1 Å². The third-order valence-electron chi connectivity index (χ3n) is 2.90. The van der Waals surface area contributed by atoms with Gasteiger partial charge in [-0.2, -0.15) is 0 Å². The molecule has 0 aliphatic carbocycles. The molecule has 0 bridgehead atoms. The minimum Gasteiger partial charge on any atom is -0.370 e. The molecular weight excluding hydrogens is 272 g/mol. The summed E-state index contributed by atoms with van der Waals surface area (Å²) in [5.41, 5.74) is 3.24. The van der Waals surface area contributed by atoms with Gasteiger partial charge in [-0.15, -0.1) is 0 Å². The quantitative estimate of drug-likeness (QED) is 0.846. The van der Waals surface area contributed by atoms with Crippen LogP contribution in [0.1, 0.15) is 23.7 Å². The number of ether oxygens (including phenoxy) is 1. The maximum absolute atomic E-state index is 5.84. The Hall–Kier alpha value is -1.42. The summed E-state index contributed by atoms with van der Waals surface area (Å²) in [5, 5.41) is 4.01. The highest BCUT2D eigenvalue weighted by Crippen LogP contribution is 2.11. The number of rotatable bonds is 7. The van der Waals surface area contributed by atoms with Crippen LogP contribution in [-0.2, 0) is 24.5 Å². The molecule has 1 aromatic heterocycles. The van der Waals surface area contributed by atoms with E-state index < -0.39 is 0 Å². The number of nitrogens with zero attached hydrogens (tertiary/aromatic N) is 1. The van der Waals surface area contributed by atoms with Crippen molar-refractivity contribution in [2.24, 2.45) is 0 Å². The van der Waals surface area contributed by atoms with E-state index >= 15 is 0 Å². The first kappa shape index (κ1) is 15.0. The van der Waals surface area contributed by atoms with Crippen molar-refractivity contribution in [1.82, 2.24) is 10.3 Å². The van der Waals surface area contributed by atoms with Crippen LogP contribution in [0.15, 0.2) is 42.6 Å². The second-order valence-corrected chi connectivity index (χ2v) is 4.99. The zero-order chi connectivity index (χ0) is 14.2. The van der Waals surface area contributed by atoms with E-state index in [0.29, 0.717) is 13.2 Å². The Kier molecular flexibility index (Phi) is 5.99. The third kappa shape index (κ3) is 4.93. The van der Waals surface area contributed by atoms with E-state index in [9.17, 15) is 0 Å². The van der Waals surface area contributed by atoms with Gasteiger partial charge in [-0.3, -0.25) is 4.98 Å². The van der Waals surface area contributed by atoms with Crippen LogP contribution in [0.3, 0.4) is 0 Å². The number of hydrogen-bond donors (Lipinski definition) is 1. The fourth-order valence-electron chi connectivity index (χ4n) is 1.77. The lowest BCUT2D eigenvalue weighted by Crippen LogP contribution is -2.12. The van der Waals surface area contributed by atoms with E-state index in [4.69, 9.17) is 16.3 Å². The van der Waals surface area contributed by atoms with Crippen LogP contribution >= 0.6 is 11.6 Å². The zero-order valence-electron chi connectivity index (χ0n) is 11.6. The molecule has 0 spiro atoms. The van der Waals surface area contributed by atoms with Gasteiger partial charge in [-0.05, 0) is 35.9 Å². The van der Waals surface area contributed by atoms with Gasteiger partial charge in [0.05, 0.1) is 18.9 Å². The molecule has 0 saturated carbocycles. The molecule has 3 nitrogen and oxygen atoms in total. The molecule has 0 radical (unpaired) electrons. The molecule has 0 aliphatic rings. The molecule has 0 aliphatic heterocycles. The molecule has 0 amide bonds. The number of nitrogens with one attached hydrogen (secondary N) is 1. The van der Waals surface area contributed by atoms with Crippen LogP contribution in [0.2, 0.25) is 5.02 Å². The second-order valence-electron chi connectivity index (χ2n) is 4.56. The predicted octanol–water partition coefficient (Wildman–Crippen LogP) is 3.56. The molecule has 106 valence electrons. The van der Waals surface area contributed by atoms with Crippen molar-refractivity contribution >= 4 is 11.6 Å². The smallest absolute Gasteiger partial charge is 0.0892 e. The predicted molar refractivity (Wildman–Crippen MR) is 81.6 cm³/mol. The molecule has 0 unspecified atom stereocenters. The van der Waals surface area contributed by atoms with Crippen molar-refractivity contribution < 1.29 is 4.74 Å². The molecule has 1 N–H and O–H groups in total. The fourth-order valence-corrected chi connectivity index (χ4v) is 1.89. The van der Waals surface area contributed by atoms with E-state index in [1.807, 2.05) is 36.5 Å². The first-order valence-corrected chi connectivity index (χ1v) is 7.12. The van der Waals surface area contributed by atoms with Crippen molar-refractivity contribution in [3.05, 3.63) is 64.4 Å². The van der Waals surface area contributed by atoms with Crippen LogP contribution < -0.4 is 5.32 Å². The van der Waals surface area contributed by atoms with Crippen LogP contribution in [-0.4, -0.2) is 11.5 Å². The number of aromatic nitrogens is 1. The molecule has 4 heteroatoms. The van der Waals surface area contributed by atoms with Gasteiger partial charge in [0, 0.05) is 17.8 Å². The Morgan fingerprint density at radius 3 is 2.45 bits per heavy atom. The van der Waals surface area contributed by atoms with Gasteiger partial charge in [0.2, 0.25) is 0 Å². The van der Waals surface area contributed by atoms with Crippen LogP contribution in [0.4, 0.5) is 0 Å². The molecule has 20 heavy (non-hydrogen) atoms. The lowest BCUT2D eigenvalue weighted by molar-refractivity contribution is 0.104. The van der Waals surface area contributed by atoms with E-state index in [1.165, 1.54) is 5.56 Å². The largest absolute Gasteiger partial charge is 0.370 e. The molecule has 2 rings (SSSR count). The minimum atomic E-state index is 0.518. The summed E-state index contributed by atoms with van der Waals surface area (Å²) >= 11 is 5.84. The molecule has 0 saturated heterocycles. The molecular formula is C16H19ClN2O. The Balaban J connectivity index is 1.77. The SMILES string of the molecule is CCNCc1ccc(COCc2ccc(Cl)cc2)nc1. The highest BCUT2D eigenvalue weighted by atomic mass is 35.5. The molecule has 1 heterocycles. The number of pyridine rings is 1. The summed E-state index contributed by atoms with van der Waals surface area (Å²) in [6.07, 6.45) is 1.89. The van der Waals surface area contributed by atoms with Crippen molar-refractivity contribution in [3.8, 4) is 0 Å². The first-order chi connectivity index (χ1) is 9.78. The molecule has 0 fully saturated rings. The average molecular weight is 291 g/mol. The number of halogens is 1. The van der Waals surface area contributed by atoms with Crippen LogP contribution in [0.25, 0.3) is 0 Å². The van der Waals surface area contributed by atoms with E-state index in [-0.39, 0.29) is 0 Å². The van der Waals surface area contributed by atoms with E-state index in [1.54, 1.807) is 0 Å². The minimum absolute atomic E-state index is 0.518. The highest BCUT2D eigenvalue weighted by Gasteiger charge is 1.98. The van der Waals surface area contributed by atoms with Crippen molar-refractivity contribution in [3.63, 3.8) is 0 Å². The van der Waals surface area contributed by atoms with Crippen LogP contribution in [0, 0.1) is 0 Å². The summed E-state index contributed by atoms with van der Waals surface area (Å²) in [5.74, 6) is 0. The number of benzene rings is 1. The maximum atomic E-state index is 5.84. The maximum Gasteiger partial charge on any atom is 0.0892 e. The summed E-state index contributed by atoms with van der Waals surface area (Å²) in [6.45, 7) is 5.00. The first-order valence-electron chi connectivity index (χ1n) is 6.74. The van der Waals surface area contributed by atoms with Gasteiger partial charge in [0.1, 0.15) is 0 Å². The van der Waals surface area contributed by atoms with E-state index in [0.717, 1.165) is 29.4 Å². The normalized spacial score (nSPS) is 10.7. The van der Waals surface area contributed by atoms with Gasteiger partial charge in [-0.25, -0.2) is 0 Å². The molecule has 1 aromatic carbocycles. The monoisotopic (exact) mass is 290 g/mol. The number of hydrogen-bond acceptors (Lipinski definition) is 3. The Morgan fingerprint density at radius 2 is 1.80 bits per heavy atom. The lowest BCUT2D eigenvalue weighted by atomic mass is 10.2. The molecule has 2 aromatic rings. The summed E-state index contributed by atoms with van der Waals surface area (Å²) < 4.78 is 5.65. The average Bonchev–Trinajstić information content (AvgIpc) is 2.48. The molecule has 0 atom stereocenters. The van der Waals surface area contributed by atoms with Gasteiger partial charge in [-0.1, -0.05) is 36.7 Å². The Morgan fingerprint density at radius 1 is 1.05 bits per heavy atom. The fraction of sp³-hybridized carbons (Fsp3) is 0.312. The Bertz CT molecular complexity index is 511. The highest BCUT2D eigenvalue weighted by molar-refractivity contribution is 6.30. The zero-order valence-corrected chi connectivity index (χ0v) is 12.4. The summed E-state index contributed by atoms with van der Waals surface area (Å²) in [7, 11) is 0. The van der Waals surface area contributed by atoms with Crippen molar-refractivity contribution in [2.45, 2.75) is 26.7 Å². The summed E-state index contributed by atoms with van der Waals surface area (Å²) in [4.78, 5) is 4.39. The second kappa shape index (κ2) is 8.00.